The molecule has 0 spiro atoms. The largest absolute Gasteiger partial charge is 0.309 e. The van der Waals surface area contributed by atoms with Crippen molar-refractivity contribution in [2.45, 2.75) is 99.3 Å². The fourth-order valence-corrected chi connectivity index (χ4v) is 8.16. The monoisotopic (exact) mass is 736 g/mol. The van der Waals surface area contributed by atoms with E-state index >= 15 is 0 Å². The first-order valence-corrected chi connectivity index (χ1v) is 20.9. The molecule has 0 aliphatic heterocycles. The zero-order valence-corrected chi connectivity index (χ0v) is 35.1. The van der Waals surface area contributed by atoms with Gasteiger partial charge in [-0.1, -0.05) is 147 Å². The van der Waals surface area contributed by atoms with Crippen molar-refractivity contribution in [1.82, 2.24) is 0 Å². The molecule has 2 atom stereocenters. The van der Waals surface area contributed by atoms with Crippen LogP contribution in [0.1, 0.15) is 115 Å². The molecular weight excluding hydrogens is 677 g/mol. The van der Waals surface area contributed by atoms with Crippen molar-refractivity contribution < 1.29 is 0 Å². The lowest BCUT2D eigenvalue weighted by molar-refractivity contribution is 0.411. The Morgan fingerprint density at radius 2 is 0.821 bits per heavy atom. The predicted molar refractivity (Wildman–Crippen MR) is 245 cm³/mol. The van der Waals surface area contributed by atoms with E-state index in [2.05, 4.69) is 218 Å². The Morgan fingerprint density at radius 3 is 1.23 bits per heavy atom. The second-order valence-corrected chi connectivity index (χ2v) is 17.4. The number of hydrogen-bond acceptors (Lipinski definition) is 2. The normalized spacial score (nSPS) is 13.0. The summed E-state index contributed by atoms with van der Waals surface area (Å²) in [6.45, 7) is 20.8. The number of nitrogens with zero attached hydrogens (tertiary/aromatic N) is 2. The van der Waals surface area contributed by atoms with Crippen LogP contribution in [0.15, 0.2) is 146 Å². The maximum atomic E-state index is 2.51. The van der Waals surface area contributed by atoms with Gasteiger partial charge in [0.1, 0.15) is 0 Å². The Balaban J connectivity index is 1.63. The summed E-state index contributed by atoms with van der Waals surface area (Å²) in [5.74, 6) is 1.39. The summed E-state index contributed by atoms with van der Waals surface area (Å²) in [7, 11) is 0. The molecule has 0 fully saturated rings. The lowest BCUT2D eigenvalue weighted by atomic mass is 9.86. The highest BCUT2D eigenvalue weighted by molar-refractivity contribution is 6.23. The Bertz CT molecular complexity index is 2380. The Kier molecular flexibility index (Phi) is 11.4. The molecule has 2 unspecified atom stereocenters. The Morgan fingerprint density at radius 1 is 0.429 bits per heavy atom. The van der Waals surface area contributed by atoms with Crippen molar-refractivity contribution in [1.29, 1.82) is 0 Å². The van der Waals surface area contributed by atoms with Crippen molar-refractivity contribution in [3.63, 3.8) is 0 Å². The second-order valence-electron chi connectivity index (χ2n) is 17.4. The van der Waals surface area contributed by atoms with E-state index in [-0.39, 0.29) is 5.41 Å². The summed E-state index contributed by atoms with van der Waals surface area (Å²) >= 11 is 0. The quantitative estimate of drug-likeness (QED) is 0.0910. The molecule has 0 aromatic heterocycles. The van der Waals surface area contributed by atoms with Gasteiger partial charge in [0.05, 0.1) is 11.4 Å². The molecule has 0 radical (unpaired) electrons. The molecule has 0 saturated heterocycles. The summed E-state index contributed by atoms with van der Waals surface area (Å²) in [6, 6.07) is 55.1. The number of fused-ring (bicyclic) bond motifs is 2. The minimum atomic E-state index is 0.137. The van der Waals surface area contributed by atoms with E-state index in [1.807, 2.05) is 0 Å². The minimum Gasteiger partial charge on any atom is -0.309 e. The molecule has 56 heavy (non-hydrogen) atoms. The molecule has 286 valence electrons. The number of hydrogen-bond donors (Lipinski definition) is 0. The van der Waals surface area contributed by atoms with Gasteiger partial charge in [-0.15, -0.1) is 0 Å². The number of para-hydroxylation sites is 2. The van der Waals surface area contributed by atoms with Gasteiger partial charge in [-0.25, -0.2) is 0 Å². The first-order chi connectivity index (χ1) is 27.0. The summed E-state index contributed by atoms with van der Waals surface area (Å²) < 4.78 is 0. The molecule has 7 rings (SSSR count). The number of rotatable bonds is 12. The maximum absolute atomic E-state index is 2.51. The predicted octanol–water partition coefficient (Wildman–Crippen LogP) is 16.7. The smallest absolute Gasteiger partial charge is 0.0620 e. The third kappa shape index (κ3) is 7.98. The van der Waals surface area contributed by atoms with Crippen LogP contribution in [-0.4, -0.2) is 0 Å². The van der Waals surface area contributed by atoms with Gasteiger partial charge in [-0.2, -0.15) is 0 Å². The maximum Gasteiger partial charge on any atom is 0.0620 e. The molecule has 0 amide bonds. The molecule has 0 aliphatic rings. The van der Waals surface area contributed by atoms with Gasteiger partial charge in [0, 0.05) is 44.3 Å². The first kappa shape index (κ1) is 38.9. The third-order valence-corrected chi connectivity index (χ3v) is 11.7. The summed E-state index contributed by atoms with van der Waals surface area (Å²) in [6.07, 6.45) is 3.22. The topological polar surface area (TPSA) is 6.48 Å². The minimum absolute atomic E-state index is 0.137. The Hall–Kier alpha value is -5.34. The molecule has 0 aliphatic carbocycles. The van der Waals surface area contributed by atoms with Crippen LogP contribution in [0.3, 0.4) is 0 Å². The van der Waals surface area contributed by atoms with Gasteiger partial charge < -0.3 is 9.80 Å². The van der Waals surface area contributed by atoms with Crippen molar-refractivity contribution in [2.24, 2.45) is 5.41 Å². The van der Waals surface area contributed by atoms with Gasteiger partial charge in [-0.3, -0.25) is 0 Å². The van der Waals surface area contributed by atoms with Crippen molar-refractivity contribution in [2.75, 3.05) is 9.80 Å². The van der Waals surface area contributed by atoms with Crippen molar-refractivity contribution in [3.8, 4) is 0 Å². The molecule has 0 saturated carbocycles. The van der Waals surface area contributed by atoms with Crippen LogP contribution >= 0.6 is 0 Å². The Labute approximate surface area is 336 Å². The number of anilines is 6. The third-order valence-electron chi connectivity index (χ3n) is 11.7. The molecule has 7 aromatic carbocycles. The van der Waals surface area contributed by atoms with Crippen LogP contribution < -0.4 is 9.80 Å². The lowest BCUT2D eigenvalue weighted by Crippen LogP contribution is -2.15. The van der Waals surface area contributed by atoms with E-state index in [0.717, 1.165) is 42.0 Å². The molecule has 2 nitrogen and oxygen atoms in total. The average molecular weight is 737 g/mol. The second kappa shape index (κ2) is 16.4. The van der Waals surface area contributed by atoms with Gasteiger partial charge in [-0.05, 0) is 125 Å². The van der Waals surface area contributed by atoms with Crippen LogP contribution in [0.4, 0.5) is 34.1 Å². The van der Waals surface area contributed by atoms with Crippen LogP contribution in [0, 0.1) is 5.41 Å². The lowest BCUT2D eigenvalue weighted by Gasteiger charge is -2.33. The van der Waals surface area contributed by atoms with Crippen LogP contribution in [0.5, 0.6) is 0 Å². The fraction of sp³-hybridized carbons (Fsp3) is 0.296. The summed E-state index contributed by atoms with van der Waals surface area (Å²) in [4.78, 5) is 5.02. The van der Waals surface area contributed by atoms with Crippen LogP contribution in [0.2, 0.25) is 0 Å². The molecule has 7 aromatic rings. The van der Waals surface area contributed by atoms with Gasteiger partial charge in [0.2, 0.25) is 0 Å². The summed E-state index contributed by atoms with van der Waals surface area (Å²) in [5, 5.41) is 4.96. The van der Waals surface area contributed by atoms with Gasteiger partial charge in [0.25, 0.3) is 0 Å². The van der Waals surface area contributed by atoms with E-state index in [4.69, 9.17) is 0 Å². The first-order valence-electron chi connectivity index (χ1n) is 20.9. The fourth-order valence-electron chi connectivity index (χ4n) is 8.16. The summed E-state index contributed by atoms with van der Waals surface area (Å²) in [5.41, 5.74) is 12.6. The highest BCUT2D eigenvalue weighted by Gasteiger charge is 2.27. The van der Waals surface area contributed by atoms with E-state index in [0.29, 0.717) is 17.8 Å². The molecule has 0 bridgehead atoms. The zero-order chi connectivity index (χ0) is 39.6. The van der Waals surface area contributed by atoms with Crippen molar-refractivity contribution in [3.05, 3.63) is 168 Å². The highest BCUT2D eigenvalue weighted by Crippen LogP contribution is 2.52. The zero-order valence-electron chi connectivity index (χ0n) is 35.1. The average Bonchev–Trinajstić information content (AvgIpc) is 3.21. The molecule has 0 N–H and O–H groups in total. The molecular formula is C54H60N2. The standard InChI is InChI=1S/C54H60N2/c1-10-38(5)41-23-28-46(29-24-41)55(44-18-14-12-15-19-44)52-49-33-27-43(37(3)4)35-51(49)53(48-32-22-40(34-50(48)52)36-54(7,8)9)56(45-20-16-13-17-21-45)47-30-25-42(26-31-47)39(6)11-2/h12-35,37-39H,10-11,36H2,1-9H3. The van der Waals surface area contributed by atoms with Crippen molar-refractivity contribution >= 4 is 55.7 Å². The van der Waals surface area contributed by atoms with Gasteiger partial charge >= 0.3 is 0 Å². The number of benzene rings is 7. The van der Waals surface area contributed by atoms with E-state index in [1.165, 1.54) is 55.2 Å². The van der Waals surface area contributed by atoms with Crippen LogP contribution in [-0.2, 0) is 6.42 Å². The van der Waals surface area contributed by atoms with Gasteiger partial charge in [0.15, 0.2) is 0 Å². The van der Waals surface area contributed by atoms with Crippen LogP contribution in [0.25, 0.3) is 21.5 Å². The highest BCUT2D eigenvalue weighted by atomic mass is 15.2. The molecule has 0 heterocycles. The van der Waals surface area contributed by atoms with E-state index in [1.54, 1.807) is 0 Å². The molecule has 2 heteroatoms. The van der Waals surface area contributed by atoms with E-state index in [9.17, 15) is 0 Å². The van der Waals surface area contributed by atoms with E-state index < -0.39 is 0 Å². The SMILES string of the molecule is CCC(C)c1ccc(N(c2ccccc2)c2c3ccc(C(C)C)cc3c(N(c3ccccc3)c3ccc(C(C)CC)cc3)c3ccc(CC(C)(C)C)cc23)cc1.